The van der Waals surface area contributed by atoms with E-state index in [1.807, 2.05) is 0 Å². The Balaban J connectivity index is 0.00000128. The van der Waals surface area contributed by atoms with E-state index in [1.165, 1.54) is 0 Å². The van der Waals surface area contributed by atoms with Gasteiger partial charge in [0.2, 0.25) is 5.95 Å². The van der Waals surface area contributed by atoms with Crippen molar-refractivity contribution in [2.75, 3.05) is 23.7 Å². The second-order valence-electron chi connectivity index (χ2n) is 3.73. The summed E-state index contributed by atoms with van der Waals surface area (Å²) >= 11 is 5.82. The van der Waals surface area contributed by atoms with Crippen molar-refractivity contribution in [1.82, 2.24) is 9.97 Å². The maximum atomic E-state index is 5.82. The minimum absolute atomic E-state index is 0. The summed E-state index contributed by atoms with van der Waals surface area (Å²) in [6.45, 7) is 1.79. The van der Waals surface area contributed by atoms with Crippen LogP contribution in [0.25, 0.3) is 0 Å². The van der Waals surface area contributed by atoms with Gasteiger partial charge in [0.05, 0.1) is 0 Å². The zero-order valence-corrected chi connectivity index (χ0v) is 11.6. The van der Waals surface area contributed by atoms with Crippen molar-refractivity contribution >= 4 is 48.2 Å². The molecule has 17 heavy (non-hydrogen) atoms. The SMILES string of the molecule is Cl.Cl.Nc1nc(Cl)cc(N2CCC(N)CC2)n1. The van der Waals surface area contributed by atoms with Gasteiger partial charge in [-0.1, -0.05) is 11.6 Å². The van der Waals surface area contributed by atoms with Crippen LogP contribution in [0.15, 0.2) is 6.07 Å². The smallest absolute Gasteiger partial charge is 0.223 e. The van der Waals surface area contributed by atoms with Crippen molar-refractivity contribution < 1.29 is 0 Å². The van der Waals surface area contributed by atoms with Crippen molar-refractivity contribution in [2.24, 2.45) is 5.73 Å². The van der Waals surface area contributed by atoms with Gasteiger partial charge in [-0.2, -0.15) is 4.98 Å². The molecule has 1 aliphatic rings. The Morgan fingerprint density at radius 2 is 1.82 bits per heavy atom. The fraction of sp³-hybridized carbons (Fsp3) is 0.556. The Hall–Kier alpha value is -0.490. The summed E-state index contributed by atoms with van der Waals surface area (Å²) in [7, 11) is 0. The van der Waals surface area contributed by atoms with E-state index in [4.69, 9.17) is 23.1 Å². The molecule has 1 aromatic heterocycles. The molecule has 2 heterocycles. The molecule has 4 N–H and O–H groups in total. The minimum atomic E-state index is 0. The van der Waals surface area contributed by atoms with Crippen molar-refractivity contribution in [3.05, 3.63) is 11.2 Å². The molecule has 8 heteroatoms. The third-order valence-corrected chi connectivity index (χ3v) is 2.76. The predicted molar refractivity (Wildman–Crippen MR) is 75.4 cm³/mol. The van der Waals surface area contributed by atoms with Crippen molar-refractivity contribution in [2.45, 2.75) is 18.9 Å². The number of rotatable bonds is 1. The van der Waals surface area contributed by atoms with Crippen LogP contribution in [-0.2, 0) is 0 Å². The Labute approximate surface area is 118 Å². The summed E-state index contributed by atoms with van der Waals surface area (Å²) in [6, 6.07) is 2.03. The van der Waals surface area contributed by atoms with E-state index in [0.717, 1.165) is 31.7 Å². The molecule has 2 rings (SSSR count). The van der Waals surface area contributed by atoms with Crippen LogP contribution in [0.5, 0.6) is 0 Å². The second kappa shape index (κ2) is 7.06. The quantitative estimate of drug-likeness (QED) is 0.768. The monoisotopic (exact) mass is 299 g/mol. The summed E-state index contributed by atoms with van der Waals surface area (Å²) in [4.78, 5) is 10.1. The van der Waals surface area contributed by atoms with Gasteiger partial charge in [0, 0.05) is 25.2 Å². The van der Waals surface area contributed by atoms with Crippen LogP contribution in [-0.4, -0.2) is 29.1 Å². The highest BCUT2D eigenvalue weighted by molar-refractivity contribution is 6.29. The highest BCUT2D eigenvalue weighted by Crippen LogP contribution is 2.20. The number of halogens is 3. The Kier molecular flexibility index (Phi) is 6.85. The largest absolute Gasteiger partial charge is 0.368 e. The lowest BCUT2D eigenvalue weighted by atomic mass is 10.1. The third kappa shape index (κ3) is 4.35. The summed E-state index contributed by atoms with van der Waals surface area (Å²) in [5, 5.41) is 0.382. The topological polar surface area (TPSA) is 81.1 Å². The normalized spacial score (nSPS) is 16.0. The zero-order chi connectivity index (χ0) is 10.8. The standard InChI is InChI=1S/C9H14ClN5.2ClH/c10-7-5-8(14-9(12)13-7)15-3-1-6(11)2-4-15;;/h5-6H,1-4,11H2,(H2,12,13,14);2*1H. The highest BCUT2D eigenvalue weighted by Gasteiger charge is 2.17. The van der Waals surface area contributed by atoms with Crippen LogP contribution in [0.2, 0.25) is 5.15 Å². The van der Waals surface area contributed by atoms with E-state index in [9.17, 15) is 0 Å². The van der Waals surface area contributed by atoms with Crippen LogP contribution >= 0.6 is 36.4 Å². The molecular formula is C9H16Cl3N5. The van der Waals surface area contributed by atoms with Gasteiger partial charge in [0.1, 0.15) is 11.0 Å². The van der Waals surface area contributed by atoms with E-state index in [2.05, 4.69) is 14.9 Å². The molecule has 5 nitrogen and oxygen atoms in total. The molecule has 1 aliphatic heterocycles. The lowest BCUT2D eigenvalue weighted by molar-refractivity contribution is 0.498. The molecule has 98 valence electrons. The fourth-order valence-electron chi connectivity index (χ4n) is 1.71. The van der Waals surface area contributed by atoms with Crippen LogP contribution < -0.4 is 16.4 Å². The molecule has 0 atom stereocenters. The Morgan fingerprint density at radius 3 is 2.35 bits per heavy atom. The van der Waals surface area contributed by atoms with E-state index < -0.39 is 0 Å². The molecule has 0 amide bonds. The van der Waals surface area contributed by atoms with Gasteiger partial charge in [-0.3, -0.25) is 0 Å². The van der Waals surface area contributed by atoms with Gasteiger partial charge in [-0.05, 0) is 12.8 Å². The molecule has 0 unspecified atom stereocenters. The van der Waals surface area contributed by atoms with Gasteiger partial charge in [-0.15, -0.1) is 24.8 Å². The number of piperidine rings is 1. The fourth-order valence-corrected chi connectivity index (χ4v) is 1.90. The first kappa shape index (κ1) is 16.5. The average molecular weight is 301 g/mol. The van der Waals surface area contributed by atoms with Gasteiger partial charge >= 0.3 is 0 Å². The molecule has 0 saturated carbocycles. The number of nitrogens with two attached hydrogens (primary N) is 2. The Morgan fingerprint density at radius 1 is 1.24 bits per heavy atom. The predicted octanol–water partition coefficient (Wildman–Crippen LogP) is 1.48. The van der Waals surface area contributed by atoms with Gasteiger partial charge in [0.15, 0.2) is 0 Å². The molecule has 1 aromatic rings. The molecule has 0 radical (unpaired) electrons. The molecule has 1 fully saturated rings. The van der Waals surface area contributed by atoms with Crippen molar-refractivity contribution in [1.29, 1.82) is 0 Å². The van der Waals surface area contributed by atoms with Crippen LogP contribution in [0.4, 0.5) is 11.8 Å². The summed E-state index contributed by atoms with van der Waals surface area (Å²) in [6.07, 6.45) is 1.95. The van der Waals surface area contributed by atoms with Crippen molar-refractivity contribution in [3.8, 4) is 0 Å². The van der Waals surface area contributed by atoms with Crippen LogP contribution in [0.1, 0.15) is 12.8 Å². The van der Waals surface area contributed by atoms with Crippen LogP contribution in [0.3, 0.4) is 0 Å². The number of nitrogens with zero attached hydrogens (tertiary/aromatic N) is 3. The molecule has 0 spiro atoms. The summed E-state index contributed by atoms with van der Waals surface area (Å²) in [5.41, 5.74) is 11.4. The van der Waals surface area contributed by atoms with E-state index in [-0.39, 0.29) is 30.8 Å². The number of aromatic nitrogens is 2. The lowest BCUT2D eigenvalue weighted by Crippen LogP contribution is -2.40. The van der Waals surface area contributed by atoms with Crippen LogP contribution in [0, 0.1) is 0 Å². The summed E-state index contributed by atoms with van der Waals surface area (Å²) < 4.78 is 0. The highest BCUT2D eigenvalue weighted by atomic mass is 35.5. The molecule has 0 bridgehead atoms. The number of hydrogen-bond acceptors (Lipinski definition) is 5. The maximum Gasteiger partial charge on any atom is 0.223 e. The second-order valence-corrected chi connectivity index (χ2v) is 4.12. The average Bonchev–Trinajstić information content (AvgIpc) is 2.17. The number of hydrogen-bond donors (Lipinski definition) is 2. The maximum absolute atomic E-state index is 5.82. The summed E-state index contributed by atoms with van der Waals surface area (Å²) in [5.74, 6) is 1.01. The lowest BCUT2D eigenvalue weighted by Gasteiger charge is -2.31. The number of nitrogen functional groups attached to an aromatic ring is 1. The minimum Gasteiger partial charge on any atom is -0.368 e. The van der Waals surface area contributed by atoms with Crippen molar-refractivity contribution in [3.63, 3.8) is 0 Å². The van der Waals surface area contributed by atoms with E-state index in [0.29, 0.717) is 11.2 Å². The first-order valence-corrected chi connectivity index (χ1v) is 5.33. The first-order valence-electron chi connectivity index (χ1n) is 4.96. The molecule has 1 saturated heterocycles. The van der Waals surface area contributed by atoms with Gasteiger partial charge in [-0.25, -0.2) is 4.98 Å². The molecule has 0 aromatic carbocycles. The Bertz CT molecular complexity index is 334. The van der Waals surface area contributed by atoms with Gasteiger partial charge in [0.25, 0.3) is 0 Å². The first-order chi connectivity index (χ1) is 7.15. The third-order valence-electron chi connectivity index (χ3n) is 2.56. The number of anilines is 2. The van der Waals surface area contributed by atoms with E-state index in [1.54, 1.807) is 6.07 Å². The molecule has 0 aliphatic carbocycles. The zero-order valence-electron chi connectivity index (χ0n) is 9.17. The molecular weight excluding hydrogens is 284 g/mol. The van der Waals surface area contributed by atoms with E-state index >= 15 is 0 Å². The van der Waals surface area contributed by atoms with Gasteiger partial charge < -0.3 is 16.4 Å².